The third-order valence-corrected chi connectivity index (χ3v) is 24.4. The lowest BCUT2D eigenvalue weighted by Gasteiger charge is -2.18. The number of hydrogen-bond donors (Lipinski definition) is 0. The van der Waals surface area contributed by atoms with Gasteiger partial charge in [-0.25, -0.2) is 9.97 Å². The molecule has 0 fully saturated rings. The molecule has 19 aromatic rings. The zero-order valence-electron chi connectivity index (χ0n) is 69.6. The van der Waals surface area contributed by atoms with Crippen molar-refractivity contribution in [3.63, 3.8) is 0 Å². The van der Waals surface area contributed by atoms with E-state index >= 15 is 0 Å². The minimum atomic E-state index is 0.837. The van der Waals surface area contributed by atoms with Crippen LogP contribution < -0.4 is 0 Å². The zero-order valence-corrected chi connectivity index (χ0v) is 69.6. The van der Waals surface area contributed by atoms with Gasteiger partial charge < -0.3 is 0 Å². The van der Waals surface area contributed by atoms with Gasteiger partial charge in [0, 0.05) is 58.2 Å². The molecule has 0 bridgehead atoms. The lowest BCUT2D eigenvalue weighted by atomic mass is 9.86. The van der Waals surface area contributed by atoms with Crippen LogP contribution in [0.4, 0.5) is 0 Å². The molecule has 5 heterocycles. The molecule has 0 aliphatic carbocycles. The van der Waals surface area contributed by atoms with Gasteiger partial charge >= 0.3 is 0 Å². The van der Waals surface area contributed by atoms with Gasteiger partial charge in [0.15, 0.2) is 0 Å². The number of pyridine rings is 4. The minimum Gasteiger partial charge on any atom is -0.256 e. The van der Waals surface area contributed by atoms with Crippen LogP contribution in [-0.4, -0.2) is 29.9 Å². The first-order valence-electron chi connectivity index (χ1n) is 41.8. The highest BCUT2D eigenvalue weighted by atomic mass is 14.8. The Morgan fingerprint density at radius 3 is 0.418 bits per heavy atom. The van der Waals surface area contributed by atoms with Crippen LogP contribution in [0.5, 0.6) is 0 Å². The molecule has 19 rings (SSSR count). The van der Waals surface area contributed by atoms with Crippen molar-refractivity contribution in [1.82, 2.24) is 29.9 Å². The number of aryl methyl sites for hydroxylation is 8. The van der Waals surface area contributed by atoms with Crippen LogP contribution in [0.1, 0.15) is 44.5 Å². The van der Waals surface area contributed by atoms with Crippen LogP contribution in [0.2, 0.25) is 0 Å². The van der Waals surface area contributed by atoms with Gasteiger partial charge in [0.25, 0.3) is 0 Å². The van der Waals surface area contributed by atoms with Crippen LogP contribution in [0, 0.1) is 55.4 Å². The molecule has 6 heteroatoms. The Labute approximate surface area is 715 Å². The van der Waals surface area contributed by atoms with Crippen LogP contribution in [-0.2, 0) is 0 Å². The Hall–Kier alpha value is -15.2. The molecule has 14 aromatic carbocycles. The van der Waals surface area contributed by atoms with Gasteiger partial charge in [-0.15, -0.1) is 0 Å². The number of nitrogens with zero attached hydrogens (tertiary/aromatic N) is 6. The minimum absolute atomic E-state index is 0.837. The second-order valence-electron chi connectivity index (χ2n) is 32.2. The van der Waals surface area contributed by atoms with Gasteiger partial charge in [-0.05, 0) is 300 Å². The summed E-state index contributed by atoms with van der Waals surface area (Å²) < 4.78 is 0. The highest BCUT2D eigenvalue weighted by Crippen LogP contribution is 2.47. The largest absolute Gasteiger partial charge is 0.256 e. The van der Waals surface area contributed by atoms with Gasteiger partial charge in [-0.3, -0.25) is 19.9 Å². The van der Waals surface area contributed by atoms with Gasteiger partial charge in [0.1, 0.15) is 6.33 Å². The molecular formula is C116H88N6. The van der Waals surface area contributed by atoms with Gasteiger partial charge in [-0.2, -0.15) is 0 Å². The summed E-state index contributed by atoms with van der Waals surface area (Å²) in [5.41, 5.74) is 48.6. The van der Waals surface area contributed by atoms with Crippen molar-refractivity contribution in [1.29, 1.82) is 0 Å². The summed E-state index contributed by atoms with van der Waals surface area (Å²) >= 11 is 0. The predicted molar refractivity (Wildman–Crippen MR) is 509 cm³/mol. The van der Waals surface area contributed by atoms with E-state index in [1.54, 1.807) is 6.33 Å². The fourth-order valence-corrected chi connectivity index (χ4v) is 16.8. The van der Waals surface area contributed by atoms with Gasteiger partial charge in [-0.1, -0.05) is 291 Å². The number of rotatable bonds is 18. The molecule has 6 nitrogen and oxygen atoms in total. The van der Waals surface area contributed by atoms with E-state index < -0.39 is 0 Å². The molecule has 0 N–H and O–H groups in total. The van der Waals surface area contributed by atoms with Gasteiger partial charge in [0.05, 0.1) is 34.2 Å². The molecule has 0 spiro atoms. The summed E-state index contributed by atoms with van der Waals surface area (Å²) in [6, 6.07) is 131. The molecule has 0 saturated carbocycles. The highest BCUT2D eigenvalue weighted by molar-refractivity contribution is 5.98. The SMILES string of the molecule is Cc1cnc(-c2ccc(-c3ccccc3-c3cc(-c4ccccc4-c4ccc(-c5cc(-c6ccc(-c7ccccc7-c7cc(-c8ccccc8-c8ccc(-c9cc(C)c(C)cn9)cc8)cc(-c8ccccc8-c8ccc(-c9cc(C)c(C)cn9)cc8)c7)cc6)ncn5)cc4)cc(-c4ccccc4-c4ccc(-c5cc(C)c(C)cn5)cc4)c3)cc2)cc1C. The van der Waals surface area contributed by atoms with E-state index in [0.29, 0.717) is 0 Å². The molecule has 0 aliphatic rings. The standard InChI is InChI=1S/C116H88N6/c1-73-57-111(117-68-77(73)5)87-45-33-81(34-46-87)99-21-9-15-27-105(99)93-61-94(106-28-16-10-22-100(106)82-35-47-88(48-36-82)112-58-74(2)78(6)69-118-112)64-97(63-93)109-31-19-13-25-103(109)85-41-53-91(54-42-85)115-67-116(122-72-121-115)92-55-43-86(44-56-92)104-26-14-20-32-110(104)98-65-95(107-29-17-11-23-101(107)83-37-49-89(50-38-83)113-59-75(3)79(7)70-119-113)62-96(66-98)108-30-18-12-24-102(108)84-39-51-90(52-40-84)114-60-76(4)80(8)71-120-114/h9-72H,1-8H3. The summed E-state index contributed by atoms with van der Waals surface area (Å²) in [6.45, 7) is 17.0. The Balaban J connectivity index is 0.644. The normalized spacial score (nSPS) is 11.3. The third-order valence-electron chi connectivity index (χ3n) is 24.4. The van der Waals surface area contributed by atoms with E-state index in [-0.39, 0.29) is 0 Å². The molecular weight excluding hydrogens is 1480 g/mol. The van der Waals surface area contributed by atoms with E-state index in [9.17, 15) is 0 Å². The molecule has 582 valence electrons. The lowest BCUT2D eigenvalue weighted by molar-refractivity contribution is 1.18. The van der Waals surface area contributed by atoms with Crippen LogP contribution >= 0.6 is 0 Å². The average molecular weight is 1570 g/mol. The maximum Gasteiger partial charge on any atom is 0.116 e. The molecule has 0 radical (unpaired) electrons. The molecule has 0 amide bonds. The van der Waals surface area contributed by atoms with Crippen molar-refractivity contribution in [2.75, 3.05) is 0 Å². The highest BCUT2D eigenvalue weighted by Gasteiger charge is 2.22. The van der Waals surface area contributed by atoms with Gasteiger partial charge in [0.2, 0.25) is 0 Å². The van der Waals surface area contributed by atoms with Crippen molar-refractivity contribution < 1.29 is 0 Å². The second kappa shape index (κ2) is 33.3. The number of benzene rings is 14. The van der Waals surface area contributed by atoms with Crippen LogP contribution in [0.3, 0.4) is 0 Å². The van der Waals surface area contributed by atoms with Crippen molar-refractivity contribution in [2.45, 2.75) is 55.4 Å². The first-order chi connectivity index (χ1) is 59.7. The summed E-state index contributed by atoms with van der Waals surface area (Å²) in [4.78, 5) is 29.1. The monoisotopic (exact) mass is 1560 g/mol. The average Bonchev–Trinajstić information content (AvgIpc) is 0.768. The summed E-state index contributed by atoms with van der Waals surface area (Å²) in [7, 11) is 0. The first-order valence-corrected chi connectivity index (χ1v) is 41.8. The maximum absolute atomic E-state index is 4.92. The first kappa shape index (κ1) is 76.7. The summed E-state index contributed by atoms with van der Waals surface area (Å²) in [5.74, 6) is 0. The van der Waals surface area contributed by atoms with Crippen LogP contribution in [0.25, 0.3) is 201 Å². The Morgan fingerprint density at radius 1 is 0.123 bits per heavy atom. The van der Waals surface area contributed by atoms with Crippen molar-refractivity contribution in [3.05, 3.63) is 434 Å². The van der Waals surface area contributed by atoms with E-state index in [1.165, 1.54) is 44.5 Å². The Morgan fingerprint density at radius 2 is 0.262 bits per heavy atom. The van der Waals surface area contributed by atoms with E-state index in [2.05, 4.69) is 413 Å². The van der Waals surface area contributed by atoms with E-state index in [4.69, 9.17) is 29.9 Å². The lowest BCUT2D eigenvalue weighted by Crippen LogP contribution is -1.93. The smallest absolute Gasteiger partial charge is 0.116 e. The van der Waals surface area contributed by atoms with Crippen molar-refractivity contribution >= 4 is 0 Å². The molecule has 0 aliphatic heterocycles. The van der Waals surface area contributed by atoms with E-state index in [1.807, 2.05) is 24.8 Å². The topological polar surface area (TPSA) is 77.3 Å². The fraction of sp³-hybridized carbons (Fsp3) is 0.0690. The van der Waals surface area contributed by atoms with Crippen LogP contribution in [0.15, 0.2) is 389 Å². The predicted octanol–water partition coefficient (Wildman–Crippen LogP) is 30.5. The van der Waals surface area contributed by atoms with E-state index in [0.717, 1.165) is 201 Å². The Bertz CT molecular complexity index is 6420. The molecule has 0 atom stereocenters. The van der Waals surface area contributed by atoms with Crippen molar-refractivity contribution in [3.8, 4) is 201 Å². The summed E-state index contributed by atoms with van der Waals surface area (Å²) in [6.07, 6.45) is 9.56. The fourth-order valence-electron chi connectivity index (χ4n) is 16.8. The molecule has 0 unspecified atom stereocenters. The van der Waals surface area contributed by atoms with Crippen molar-refractivity contribution in [2.24, 2.45) is 0 Å². The zero-order chi connectivity index (χ0) is 82.9. The molecule has 122 heavy (non-hydrogen) atoms. The number of hydrogen-bond acceptors (Lipinski definition) is 6. The third kappa shape index (κ3) is 15.6. The quantitative estimate of drug-likeness (QED) is 0.0852. The maximum atomic E-state index is 4.92. The number of aromatic nitrogens is 6. The molecule has 5 aromatic heterocycles. The second-order valence-corrected chi connectivity index (χ2v) is 32.2. The summed E-state index contributed by atoms with van der Waals surface area (Å²) in [5, 5.41) is 0. The Kier molecular flexibility index (Phi) is 20.9. The molecule has 0 saturated heterocycles.